The van der Waals surface area contributed by atoms with Gasteiger partial charge in [0, 0.05) is 11.3 Å². The Hall–Kier alpha value is -2.86. The van der Waals surface area contributed by atoms with Gasteiger partial charge in [-0.25, -0.2) is 4.68 Å². The van der Waals surface area contributed by atoms with Crippen LogP contribution in [0.25, 0.3) is 17.1 Å². The number of aromatic nitrogens is 3. The zero-order valence-corrected chi connectivity index (χ0v) is 15.3. The Morgan fingerprint density at radius 2 is 1.85 bits per heavy atom. The maximum atomic E-state index is 11.4. The molecule has 1 heterocycles. The molecule has 26 heavy (non-hydrogen) atoms. The highest BCUT2D eigenvalue weighted by Crippen LogP contribution is 2.24. The predicted octanol–water partition coefficient (Wildman–Crippen LogP) is 3.82. The fourth-order valence-electron chi connectivity index (χ4n) is 2.43. The zero-order valence-electron chi connectivity index (χ0n) is 14.6. The Morgan fingerprint density at radius 1 is 1.15 bits per heavy atom. The first-order valence-corrected chi connectivity index (χ1v) is 8.77. The van der Waals surface area contributed by atoms with Crippen LogP contribution in [0, 0.1) is 6.92 Å². The highest BCUT2D eigenvalue weighted by atomic mass is 35.5. The average Bonchev–Trinajstić information content (AvgIpc) is 3.07. The van der Waals surface area contributed by atoms with Gasteiger partial charge in [-0.1, -0.05) is 29.8 Å². The van der Waals surface area contributed by atoms with E-state index in [1.807, 2.05) is 50.2 Å². The Morgan fingerprint density at radius 3 is 2.46 bits per heavy atom. The molecule has 0 radical (unpaired) electrons. The quantitative estimate of drug-likeness (QED) is 0.670. The Bertz CT molecular complexity index is 889. The first kappa shape index (κ1) is 17.9. The van der Waals surface area contributed by atoms with E-state index in [2.05, 4.69) is 15.4 Å². The van der Waals surface area contributed by atoms with Crippen LogP contribution in [0.4, 0.5) is 5.69 Å². The molecule has 0 aliphatic rings. The van der Waals surface area contributed by atoms with E-state index < -0.39 is 0 Å². The lowest BCUT2D eigenvalue weighted by Gasteiger charge is -2.08. The van der Waals surface area contributed by atoms with Crippen LogP contribution in [0.15, 0.2) is 48.5 Å². The maximum absolute atomic E-state index is 11.4. The van der Waals surface area contributed by atoms with Gasteiger partial charge < -0.3 is 10.1 Å². The molecule has 0 spiro atoms. The highest BCUT2D eigenvalue weighted by molar-refractivity contribution is 6.29. The Balaban J connectivity index is 1.97. The van der Waals surface area contributed by atoms with Gasteiger partial charge in [-0.05, 0) is 38.1 Å². The molecule has 0 bridgehead atoms. The van der Waals surface area contributed by atoms with Crippen molar-refractivity contribution < 1.29 is 9.53 Å². The Labute approximate surface area is 156 Å². The van der Waals surface area contributed by atoms with Crippen molar-refractivity contribution in [1.82, 2.24) is 14.8 Å². The number of aryl methyl sites for hydroxylation is 1. The van der Waals surface area contributed by atoms with Gasteiger partial charge in [0.1, 0.15) is 5.88 Å². The third-order valence-electron chi connectivity index (χ3n) is 3.69. The molecule has 2 aromatic carbocycles. The summed E-state index contributed by atoms with van der Waals surface area (Å²) >= 11 is 5.51. The summed E-state index contributed by atoms with van der Waals surface area (Å²) in [6.45, 7) is 4.41. The van der Waals surface area contributed by atoms with E-state index in [1.54, 1.807) is 16.8 Å². The van der Waals surface area contributed by atoms with Gasteiger partial charge in [-0.2, -0.15) is 4.98 Å². The van der Waals surface area contributed by atoms with E-state index in [0.29, 0.717) is 24.1 Å². The summed E-state index contributed by atoms with van der Waals surface area (Å²) in [5, 5.41) is 7.16. The van der Waals surface area contributed by atoms with Crippen molar-refractivity contribution in [2.24, 2.45) is 0 Å². The number of nitrogens with zero attached hydrogens (tertiary/aromatic N) is 3. The molecule has 0 saturated carbocycles. The molecule has 3 aromatic rings. The molecule has 0 atom stereocenters. The minimum Gasteiger partial charge on any atom is -0.463 e. The number of carbonyl (C=O) groups excluding carboxylic acids is 1. The van der Waals surface area contributed by atoms with Gasteiger partial charge >= 0.3 is 6.01 Å². The molecule has 1 aromatic heterocycles. The minimum absolute atomic E-state index is 0.0832. The number of amides is 1. The van der Waals surface area contributed by atoms with Crippen molar-refractivity contribution in [3.63, 3.8) is 0 Å². The number of halogens is 1. The van der Waals surface area contributed by atoms with Gasteiger partial charge in [-0.3, -0.25) is 4.79 Å². The fraction of sp³-hybridized carbons (Fsp3) is 0.211. The third-order valence-corrected chi connectivity index (χ3v) is 3.93. The topological polar surface area (TPSA) is 69.0 Å². The number of anilines is 1. The molecule has 0 fully saturated rings. The lowest BCUT2D eigenvalue weighted by atomic mass is 10.1. The second-order valence-corrected chi connectivity index (χ2v) is 5.92. The summed E-state index contributed by atoms with van der Waals surface area (Å²) in [5.74, 6) is 0.352. The zero-order chi connectivity index (χ0) is 18.5. The molecular weight excluding hydrogens is 352 g/mol. The summed E-state index contributed by atoms with van der Waals surface area (Å²) in [5.41, 5.74) is 3.59. The molecule has 3 rings (SSSR count). The molecule has 1 amide bonds. The number of alkyl halides is 1. The van der Waals surface area contributed by atoms with E-state index in [0.717, 1.165) is 11.3 Å². The number of carbonyl (C=O) groups is 1. The lowest BCUT2D eigenvalue weighted by molar-refractivity contribution is -0.113. The molecule has 6 nitrogen and oxygen atoms in total. The van der Waals surface area contributed by atoms with Crippen molar-refractivity contribution >= 4 is 23.2 Å². The van der Waals surface area contributed by atoms with Crippen molar-refractivity contribution in [2.45, 2.75) is 13.8 Å². The summed E-state index contributed by atoms with van der Waals surface area (Å²) < 4.78 is 7.20. The number of benzene rings is 2. The molecule has 0 aliphatic carbocycles. The summed E-state index contributed by atoms with van der Waals surface area (Å²) in [7, 11) is 0. The predicted molar refractivity (Wildman–Crippen MR) is 102 cm³/mol. The van der Waals surface area contributed by atoms with Crippen LogP contribution in [0.1, 0.15) is 12.5 Å². The van der Waals surface area contributed by atoms with E-state index in [1.165, 1.54) is 5.56 Å². The van der Waals surface area contributed by atoms with Crippen molar-refractivity contribution in [1.29, 1.82) is 0 Å². The van der Waals surface area contributed by atoms with Gasteiger partial charge in [-0.15, -0.1) is 16.7 Å². The van der Waals surface area contributed by atoms with Crippen LogP contribution in [0.5, 0.6) is 6.01 Å². The minimum atomic E-state index is -0.251. The van der Waals surface area contributed by atoms with Gasteiger partial charge in [0.2, 0.25) is 5.91 Å². The lowest BCUT2D eigenvalue weighted by Crippen LogP contribution is -2.12. The number of hydrogen-bond acceptors (Lipinski definition) is 4. The van der Waals surface area contributed by atoms with Gasteiger partial charge in [0.05, 0.1) is 12.3 Å². The van der Waals surface area contributed by atoms with E-state index in [9.17, 15) is 4.79 Å². The number of rotatable bonds is 6. The summed E-state index contributed by atoms with van der Waals surface area (Å²) in [6, 6.07) is 15.7. The molecule has 7 heteroatoms. The largest absolute Gasteiger partial charge is 0.463 e. The third kappa shape index (κ3) is 4.03. The van der Waals surface area contributed by atoms with Crippen molar-refractivity contribution in [2.75, 3.05) is 17.8 Å². The maximum Gasteiger partial charge on any atom is 0.336 e. The summed E-state index contributed by atoms with van der Waals surface area (Å²) in [4.78, 5) is 15.9. The molecule has 134 valence electrons. The molecule has 1 N–H and O–H groups in total. The number of hydrogen-bond donors (Lipinski definition) is 1. The smallest absolute Gasteiger partial charge is 0.336 e. The van der Waals surface area contributed by atoms with Crippen LogP contribution >= 0.6 is 11.6 Å². The van der Waals surface area contributed by atoms with E-state index in [-0.39, 0.29) is 11.8 Å². The normalized spacial score (nSPS) is 10.6. The van der Waals surface area contributed by atoms with Crippen molar-refractivity contribution in [3.05, 3.63) is 54.1 Å². The van der Waals surface area contributed by atoms with Crippen molar-refractivity contribution in [3.8, 4) is 23.1 Å². The SMILES string of the molecule is CCOc1nc(-c2ccc(C)cc2)n(-c2ccc(NC(=O)CCl)cc2)n1. The van der Waals surface area contributed by atoms with Gasteiger partial charge in [0.25, 0.3) is 0 Å². The average molecular weight is 371 g/mol. The molecular formula is C19H19ClN4O2. The second-order valence-electron chi connectivity index (χ2n) is 5.66. The van der Waals surface area contributed by atoms with E-state index >= 15 is 0 Å². The molecule has 0 saturated heterocycles. The molecule has 0 aliphatic heterocycles. The second kappa shape index (κ2) is 8.01. The first-order valence-electron chi connectivity index (χ1n) is 8.24. The fourth-order valence-corrected chi connectivity index (χ4v) is 2.50. The van der Waals surface area contributed by atoms with Crippen LogP contribution in [0.2, 0.25) is 0 Å². The first-order chi connectivity index (χ1) is 12.6. The monoisotopic (exact) mass is 370 g/mol. The van der Waals surface area contributed by atoms with Crippen LogP contribution in [-0.4, -0.2) is 33.2 Å². The standard InChI is InChI=1S/C19H19ClN4O2/c1-3-26-19-22-18(14-6-4-13(2)5-7-14)24(23-19)16-10-8-15(9-11-16)21-17(25)12-20/h4-11H,3,12H2,1-2H3,(H,21,25). The van der Waals surface area contributed by atoms with Gasteiger partial charge in [0.15, 0.2) is 5.82 Å². The highest BCUT2D eigenvalue weighted by Gasteiger charge is 2.14. The molecule has 0 unspecified atom stereocenters. The van der Waals surface area contributed by atoms with Crippen LogP contribution < -0.4 is 10.1 Å². The van der Waals surface area contributed by atoms with Crippen LogP contribution in [0.3, 0.4) is 0 Å². The van der Waals surface area contributed by atoms with Crippen LogP contribution in [-0.2, 0) is 4.79 Å². The Kier molecular flexibility index (Phi) is 5.53. The number of nitrogens with one attached hydrogen (secondary N) is 1. The summed E-state index contributed by atoms with van der Waals surface area (Å²) in [6.07, 6.45) is 0. The number of ether oxygens (including phenoxy) is 1. The van der Waals surface area contributed by atoms with E-state index in [4.69, 9.17) is 16.3 Å².